The summed E-state index contributed by atoms with van der Waals surface area (Å²) in [6.45, 7) is 0. The first-order valence-corrected chi connectivity index (χ1v) is 19.8. The van der Waals surface area contributed by atoms with Crippen molar-refractivity contribution < 1.29 is 0 Å². The third kappa shape index (κ3) is 5.17. The molecule has 4 aromatic heterocycles. The maximum atomic E-state index is 5.30. The van der Waals surface area contributed by atoms with Gasteiger partial charge in [0.2, 0.25) is 0 Å². The van der Waals surface area contributed by atoms with Crippen molar-refractivity contribution >= 4 is 69.9 Å². The zero-order valence-corrected chi connectivity index (χ0v) is 30.7. The fourth-order valence-electron chi connectivity index (χ4n) is 7.81. The van der Waals surface area contributed by atoms with Crippen molar-refractivity contribution in [1.29, 1.82) is 0 Å². The first kappa shape index (κ1) is 31.2. The fourth-order valence-corrected chi connectivity index (χ4v) is 10.2. The summed E-state index contributed by atoms with van der Waals surface area (Å²) in [5.74, 6) is 1.92. The Balaban J connectivity index is 1.02. The summed E-state index contributed by atoms with van der Waals surface area (Å²) in [4.78, 5) is 23.0. The van der Waals surface area contributed by atoms with E-state index in [1.54, 1.807) is 0 Å². The molecule has 0 bridgehead atoms. The predicted octanol–water partition coefficient (Wildman–Crippen LogP) is 13.3. The summed E-state index contributed by atoms with van der Waals surface area (Å²) in [7, 11) is 0. The van der Waals surface area contributed by atoms with Crippen LogP contribution in [0.3, 0.4) is 0 Å². The number of pyridine rings is 1. The van der Waals surface area contributed by atoms with Crippen molar-refractivity contribution in [2.24, 2.45) is 0 Å². The van der Waals surface area contributed by atoms with Crippen LogP contribution in [0.2, 0.25) is 0 Å². The van der Waals surface area contributed by atoms with E-state index >= 15 is 0 Å². The lowest BCUT2D eigenvalue weighted by Crippen LogP contribution is -2.00. The van der Waals surface area contributed by atoms with Gasteiger partial charge in [-0.05, 0) is 47.1 Å². The Morgan fingerprint density at radius 3 is 1.93 bits per heavy atom. The molecule has 1 aliphatic rings. The van der Waals surface area contributed by atoms with Gasteiger partial charge >= 0.3 is 0 Å². The molecule has 0 atom stereocenters. The summed E-state index contributed by atoms with van der Waals surface area (Å²) in [5, 5.41) is 6.27. The number of allylic oxidation sites excluding steroid dienone is 1. The molecule has 0 unspecified atom stereocenters. The molecule has 0 fully saturated rings. The summed E-state index contributed by atoms with van der Waals surface area (Å²) < 4.78 is 2.58. The van der Waals surface area contributed by atoms with Gasteiger partial charge in [-0.1, -0.05) is 146 Å². The van der Waals surface area contributed by atoms with Crippen LogP contribution in [-0.2, 0) is 6.42 Å². The number of thiophene rings is 2. The molecule has 4 nitrogen and oxygen atoms in total. The van der Waals surface area contributed by atoms with Crippen LogP contribution in [0.25, 0.3) is 104 Å². The van der Waals surface area contributed by atoms with Crippen LogP contribution in [0, 0.1) is 0 Å². The Kier molecular flexibility index (Phi) is 7.32. The molecule has 6 aromatic carbocycles. The van der Waals surface area contributed by atoms with E-state index < -0.39 is 0 Å². The highest BCUT2D eigenvalue weighted by Crippen LogP contribution is 2.43. The highest BCUT2D eigenvalue weighted by molar-refractivity contribution is 7.26. The lowest BCUT2D eigenvalue weighted by molar-refractivity contribution is 1.02. The second kappa shape index (κ2) is 12.7. The lowest BCUT2D eigenvalue weighted by Gasteiger charge is -2.11. The fraction of sp³-hybridized carbons (Fsp3) is 0.0417. The Morgan fingerprint density at radius 1 is 0.463 bits per heavy atom. The molecule has 0 saturated carbocycles. The van der Waals surface area contributed by atoms with E-state index in [4.69, 9.17) is 19.9 Å². The molecule has 54 heavy (non-hydrogen) atoms. The Bertz CT molecular complexity index is 3100. The molecule has 0 radical (unpaired) electrons. The number of hydrogen-bond donors (Lipinski definition) is 0. The molecule has 4 heterocycles. The zero-order chi connectivity index (χ0) is 35.6. The molecule has 6 heteroatoms. The summed E-state index contributed by atoms with van der Waals surface area (Å²) in [6, 6.07) is 51.2. The second-order valence-corrected chi connectivity index (χ2v) is 15.8. The van der Waals surface area contributed by atoms with Gasteiger partial charge in [-0.15, -0.1) is 22.7 Å². The minimum atomic E-state index is 0.633. The van der Waals surface area contributed by atoms with Gasteiger partial charge in [0.05, 0.1) is 5.69 Å². The highest BCUT2D eigenvalue weighted by atomic mass is 32.1. The van der Waals surface area contributed by atoms with E-state index in [0.29, 0.717) is 17.5 Å². The Morgan fingerprint density at radius 2 is 1.09 bits per heavy atom. The van der Waals surface area contributed by atoms with E-state index in [1.165, 1.54) is 46.9 Å². The molecule has 0 amide bonds. The average molecular weight is 727 g/mol. The van der Waals surface area contributed by atoms with E-state index in [2.05, 4.69) is 140 Å². The second-order valence-electron chi connectivity index (χ2n) is 13.7. The molecule has 254 valence electrons. The van der Waals surface area contributed by atoms with Crippen LogP contribution in [0.1, 0.15) is 16.9 Å². The number of hydrogen-bond acceptors (Lipinski definition) is 6. The molecule has 0 spiro atoms. The third-order valence-corrected chi connectivity index (χ3v) is 12.8. The first-order valence-electron chi connectivity index (χ1n) is 18.2. The molecule has 0 N–H and O–H groups in total. The molecule has 0 saturated heterocycles. The van der Waals surface area contributed by atoms with Crippen molar-refractivity contribution in [3.8, 4) is 56.5 Å². The average Bonchev–Trinajstić information content (AvgIpc) is 3.82. The third-order valence-electron chi connectivity index (χ3n) is 10.4. The van der Waals surface area contributed by atoms with Gasteiger partial charge in [0, 0.05) is 58.1 Å². The van der Waals surface area contributed by atoms with Gasteiger partial charge in [0.15, 0.2) is 17.5 Å². The summed E-state index contributed by atoms with van der Waals surface area (Å²) in [5.41, 5.74) is 8.57. The van der Waals surface area contributed by atoms with Crippen LogP contribution >= 0.6 is 22.7 Å². The topological polar surface area (TPSA) is 51.6 Å². The van der Waals surface area contributed by atoms with Gasteiger partial charge in [-0.25, -0.2) is 19.9 Å². The van der Waals surface area contributed by atoms with E-state index in [-0.39, 0.29) is 0 Å². The van der Waals surface area contributed by atoms with E-state index in [9.17, 15) is 0 Å². The number of aromatic nitrogens is 4. The normalized spacial score (nSPS) is 12.6. The van der Waals surface area contributed by atoms with Crippen molar-refractivity contribution in [2.45, 2.75) is 12.8 Å². The van der Waals surface area contributed by atoms with Crippen molar-refractivity contribution in [3.05, 3.63) is 162 Å². The standard InChI is InChI=1S/C48H30N4S2/c1-2-12-30(13-3-1)45-50-46(52-47(51-45)33-15-10-14-32(28-33)34-20-11-21-38-35-16-6-8-22-40(35)53-44(34)38)31-26-24-29(25-27-31)43-37-18-5-4-17-36(37)42-39-19-7-9-23-41(39)54-48(42)49-43/h1-8,10-22,24-28H,9,23H2. The van der Waals surface area contributed by atoms with E-state index in [1.807, 2.05) is 40.9 Å². The molecular formula is C48H30N4S2. The van der Waals surface area contributed by atoms with Crippen LogP contribution in [0.15, 0.2) is 152 Å². The maximum Gasteiger partial charge on any atom is 0.164 e. The monoisotopic (exact) mass is 726 g/mol. The number of fused-ring (bicyclic) bond motifs is 8. The van der Waals surface area contributed by atoms with Crippen LogP contribution in [0.4, 0.5) is 0 Å². The SMILES string of the molecule is C1=Cc2c(sc3nc(-c4ccc(-c5nc(-c6ccccc6)nc(-c6cccc(-c7cccc8c7sc7ccccc78)c6)n5)cc4)c4ccccc4c23)CC1. The minimum Gasteiger partial charge on any atom is -0.236 e. The predicted molar refractivity (Wildman–Crippen MR) is 228 cm³/mol. The molecular weight excluding hydrogens is 697 g/mol. The molecule has 0 aliphatic heterocycles. The van der Waals surface area contributed by atoms with Crippen LogP contribution in [0.5, 0.6) is 0 Å². The smallest absolute Gasteiger partial charge is 0.164 e. The first-order chi connectivity index (χ1) is 26.7. The van der Waals surface area contributed by atoms with Crippen molar-refractivity contribution in [1.82, 2.24) is 19.9 Å². The molecule has 10 aromatic rings. The van der Waals surface area contributed by atoms with Gasteiger partial charge in [-0.3, -0.25) is 0 Å². The van der Waals surface area contributed by atoms with E-state index in [0.717, 1.165) is 56.6 Å². The van der Waals surface area contributed by atoms with Crippen molar-refractivity contribution in [3.63, 3.8) is 0 Å². The van der Waals surface area contributed by atoms with Crippen LogP contribution < -0.4 is 0 Å². The zero-order valence-electron chi connectivity index (χ0n) is 29.0. The summed E-state index contributed by atoms with van der Waals surface area (Å²) >= 11 is 3.68. The summed E-state index contributed by atoms with van der Waals surface area (Å²) in [6.07, 6.45) is 6.74. The maximum absolute atomic E-state index is 5.30. The Hall–Kier alpha value is -6.34. The van der Waals surface area contributed by atoms with Crippen molar-refractivity contribution in [2.75, 3.05) is 0 Å². The number of rotatable bonds is 5. The number of nitrogens with zero attached hydrogens (tertiary/aromatic N) is 4. The number of benzene rings is 6. The van der Waals surface area contributed by atoms with Gasteiger partial charge in [0.25, 0.3) is 0 Å². The van der Waals surface area contributed by atoms with Crippen LogP contribution in [-0.4, -0.2) is 19.9 Å². The quantitative estimate of drug-likeness (QED) is 0.177. The highest BCUT2D eigenvalue weighted by Gasteiger charge is 2.20. The number of aryl methyl sites for hydroxylation is 1. The Labute approximate surface area is 319 Å². The van der Waals surface area contributed by atoms with Gasteiger partial charge < -0.3 is 0 Å². The molecule has 11 rings (SSSR count). The largest absolute Gasteiger partial charge is 0.236 e. The molecule has 1 aliphatic carbocycles. The van der Waals surface area contributed by atoms with Gasteiger partial charge in [0.1, 0.15) is 4.83 Å². The lowest BCUT2D eigenvalue weighted by atomic mass is 9.97. The minimum absolute atomic E-state index is 0.633. The van der Waals surface area contributed by atoms with Gasteiger partial charge in [-0.2, -0.15) is 0 Å².